The molecule has 0 saturated heterocycles. The van der Waals surface area contributed by atoms with Crippen LogP contribution in [-0.2, 0) is 9.53 Å². The second-order valence-corrected chi connectivity index (χ2v) is 7.53. The van der Waals surface area contributed by atoms with Crippen molar-refractivity contribution < 1.29 is 28.9 Å². The number of aliphatic hydroxyl groups excluding tert-OH is 2. The molecule has 0 aliphatic rings. The van der Waals surface area contributed by atoms with E-state index in [9.17, 15) is 15.0 Å². The minimum Gasteiger partial charge on any atom is -0.489 e. The molecule has 3 aromatic rings. The van der Waals surface area contributed by atoms with Crippen LogP contribution < -0.4 is 4.74 Å². The first-order valence-corrected chi connectivity index (χ1v) is 10.5. The molecule has 0 saturated carbocycles. The van der Waals surface area contributed by atoms with E-state index in [0.29, 0.717) is 24.2 Å². The zero-order chi connectivity index (χ0) is 22.9. The van der Waals surface area contributed by atoms with E-state index in [4.69, 9.17) is 13.9 Å². The minimum atomic E-state index is -1.03. The number of furan rings is 1. The van der Waals surface area contributed by atoms with E-state index in [-0.39, 0.29) is 13.2 Å². The van der Waals surface area contributed by atoms with Gasteiger partial charge in [-0.25, -0.2) is 4.79 Å². The number of ether oxygens (including phenoxy) is 2. The molecule has 0 spiro atoms. The molecule has 1 heterocycles. The van der Waals surface area contributed by atoms with E-state index in [1.54, 1.807) is 13.0 Å². The van der Waals surface area contributed by atoms with Gasteiger partial charge in [-0.2, -0.15) is 0 Å². The number of benzene rings is 2. The predicted octanol–water partition coefficient (Wildman–Crippen LogP) is 4.66. The van der Waals surface area contributed by atoms with Gasteiger partial charge in [0, 0.05) is 22.6 Å². The zero-order valence-electron chi connectivity index (χ0n) is 18.1. The SMILES string of the molecule is C=C(C)C(=O)OCCCC(O)C(O)/C=C/COc1ccc2cc(-c3ccccc3)oc2c1. The molecule has 2 aromatic carbocycles. The average molecular weight is 437 g/mol. The van der Waals surface area contributed by atoms with Crippen molar-refractivity contribution in [3.63, 3.8) is 0 Å². The summed E-state index contributed by atoms with van der Waals surface area (Å²) < 4.78 is 16.6. The highest BCUT2D eigenvalue weighted by Crippen LogP contribution is 2.30. The minimum absolute atomic E-state index is 0.170. The van der Waals surface area contributed by atoms with Crippen molar-refractivity contribution in [1.82, 2.24) is 0 Å². The fourth-order valence-corrected chi connectivity index (χ4v) is 3.06. The Hall–Kier alpha value is -3.35. The summed E-state index contributed by atoms with van der Waals surface area (Å²) in [4.78, 5) is 11.3. The number of hydrogen-bond donors (Lipinski definition) is 2. The number of hydrogen-bond acceptors (Lipinski definition) is 6. The summed E-state index contributed by atoms with van der Waals surface area (Å²) >= 11 is 0. The topological polar surface area (TPSA) is 89.1 Å². The summed E-state index contributed by atoms with van der Waals surface area (Å²) in [6, 6.07) is 17.5. The maximum absolute atomic E-state index is 11.3. The van der Waals surface area contributed by atoms with Gasteiger partial charge < -0.3 is 24.1 Å². The Labute approximate surface area is 187 Å². The van der Waals surface area contributed by atoms with Gasteiger partial charge in [-0.15, -0.1) is 0 Å². The highest BCUT2D eigenvalue weighted by Gasteiger charge is 2.13. The molecule has 0 radical (unpaired) electrons. The van der Waals surface area contributed by atoms with Crippen LogP contribution in [0, 0.1) is 0 Å². The molecule has 2 N–H and O–H groups in total. The number of esters is 1. The number of fused-ring (bicyclic) bond motifs is 1. The molecule has 6 nitrogen and oxygen atoms in total. The van der Waals surface area contributed by atoms with Crippen molar-refractivity contribution in [2.24, 2.45) is 0 Å². The number of aliphatic hydroxyl groups is 2. The molecule has 0 bridgehead atoms. The Kier molecular flexibility index (Phi) is 8.25. The van der Waals surface area contributed by atoms with Crippen LogP contribution in [0.15, 0.2) is 83.3 Å². The molecule has 0 aliphatic heterocycles. The van der Waals surface area contributed by atoms with Crippen LogP contribution in [0.2, 0.25) is 0 Å². The molecule has 2 unspecified atom stereocenters. The normalized spacial score (nSPS) is 13.2. The number of rotatable bonds is 11. The van der Waals surface area contributed by atoms with Crippen LogP contribution in [0.4, 0.5) is 0 Å². The summed E-state index contributed by atoms with van der Waals surface area (Å²) in [5, 5.41) is 21.0. The number of carbonyl (C=O) groups excluding carboxylic acids is 1. The lowest BCUT2D eigenvalue weighted by atomic mass is 10.1. The van der Waals surface area contributed by atoms with Gasteiger partial charge in [-0.1, -0.05) is 43.0 Å². The quantitative estimate of drug-likeness (QED) is 0.197. The third-order valence-corrected chi connectivity index (χ3v) is 4.85. The van der Waals surface area contributed by atoms with Crippen molar-refractivity contribution in [2.45, 2.75) is 32.0 Å². The second-order valence-electron chi connectivity index (χ2n) is 7.53. The monoisotopic (exact) mass is 436 g/mol. The van der Waals surface area contributed by atoms with Gasteiger partial charge in [0.05, 0.1) is 18.8 Å². The van der Waals surface area contributed by atoms with Crippen LogP contribution in [-0.4, -0.2) is 41.6 Å². The molecule has 0 aliphatic carbocycles. The third kappa shape index (κ3) is 6.57. The fraction of sp³-hybridized carbons (Fsp3) is 0.269. The lowest BCUT2D eigenvalue weighted by Crippen LogP contribution is -2.24. The van der Waals surface area contributed by atoms with Gasteiger partial charge in [0.25, 0.3) is 0 Å². The van der Waals surface area contributed by atoms with E-state index >= 15 is 0 Å². The molecule has 0 fully saturated rings. The maximum Gasteiger partial charge on any atom is 0.333 e. The van der Waals surface area contributed by atoms with Crippen molar-refractivity contribution in [3.05, 3.63) is 78.9 Å². The Bertz CT molecular complexity index is 1070. The molecule has 2 atom stereocenters. The van der Waals surface area contributed by atoms with Crippen LogP contribution >= 0.6 is 0 Å². The van der Waals surface area contributed by atoms with E-state index in [1.807, 2.05) is 54.6 Å². The van der Waals surface area contributed by atoms with Gasteiger partial charge >= 0.3 is 5.97 Å². The summed E-state index contributed by atoms with van der Waals surface area (Å²) in [6.45, 7) is 5.48. The first-order chi connectivity index (χ1) is 15.4. The highest BCUT2D eigenvalue weighted by atomic mass is 16.5. The zero-order valence-corrected chi connectivity index (χ0v) is 18.1. The fourth-order valence-electron chi connectivity index (χ4n) is 3.06. The maximum atomic E-state index is 11.3. The van der Waals surface area contributed by atoms with Crippen molar-refractivity contribution in [1.29, 1.82) is 0 Å². The molecule has 32 heavy (non-hydrogen) atoms. The summed E-state index contributed by atoms with van der Waals surface area (Å²) in [5.74, 6) is 0.982. The third-order valence-electron chi connectivity index (χ3n) is 4.85. The van der Waals surface area contributed by atoms with Crippen LogP contribution in [0.25, 0.3) is 22.3 Å². The summed E-state index contributed by atoms with van der Waals surface area (Å²) in [7, 11) is 0. The van der Waals surface area contributed by atoms with Gasteiger partial charge in [0.1, 0.15) is 23.7 Å². The van der Waals surface area contributed by atoms with Crippen molar-refractivity contribution in [3.8, 4) is 17.1 Å². The first kappa shape index (κ1) is 23.3. The van der Waals surface area contributed by atoms with E-state index < -0.39 is 18.2 Å². The predicted molar refractivity (Wildman–Crippen MR) is 123 cm³/mol. The number of carbonyl (C=O) groups is 1. The van der Waals surface area contributed by atoms with Crippen LogP contribution in [0.1, 0.15) is 19.8 Å². The molecular formula is C26H28O6. The van der Waals surface area contributed by atoms with E-state index in [1.165, 1.54) is 6.08 Å². The molecular weight excluding hydrogens is 408 g/mol. The van der Waals surface area contributed by atoms with E-state index in [0.717, 1.165) is 22.3 Å². The van der Waals surface area contributed by atoms with Crippen molar-refractivity contribution in [2.75, 3.05) is 13.2 Å². The van der Waals surface area contributed by atoms with Gasteiger partial charge in [-0.05, 0) is 44.0 Å². The second kappa shape index (κ2) is 11.3. The Morgan fingerprint density at radius 3 is 2.69 bits per heavy atom. The molecule has 1 aromatic heterocycles. The lowest BCUT2D eigenvalue weighted by Gasteiger charge is -2.14. The summed E-state index contributed by atoms with van der Waals surface area (Å²) in [5.41, 5.74) is 2.07. The Morgan fingerprint density at radius 1 is 1.16 bits per heavy atom. The summed E-state index contributed by atoms with van der Waals surface area (Å²) in [6.07, 6.45) is 1.90. The molecule has 6 heteroatoms. The van der Waals surface area contributed by atoms with Crippen molar-refractivity contribution >= 4 is 16.9 Å². The van der Waals surface area contributed by atoms with Gasteiger partial charge in [-0.3, -0.25) is 0 Å². The lowest BCUT2D eigenvalue weighted by molar-refractivity contribution is -0.139. The Balaban J connectivity index is 1.44. The average Bonchev–Trinajstić information content (AvgIpc) is 3.23. The van der Waals surface area contributed by atoms with Gasteiger partial charge in [0.2, 0.25) is 0 Å². The Morgan fingerprint density at radius 2 is 1.94 bits per heavy atom. The molecule has 168 valence electrons. The largest absolute Gasteiger partial charge is 0.489 e. The highest BCUT2D eigenvalue weighted by molar-refractivity contribution is 5.87. The van der Waals surface area contributed by atoms with Crippen LogP contribution in [0.5, 0.6) is 5.75 Å². The first-order valence-electron chi connectivity index (χ1n) is 10.5. The van der Waals surface area contributed by atoms with Gasteiger partial charge in [0.15, 0.2) is 0 Å². The van der Waals surface area contributed by atoms with Crippen LogP contribution in [0.3, 0.4) is 0 Å². The smallest absolute Gasteiger partial charge is 0.333 e. The molecule has 3 rings (SSSR count). The molecule has 0 amide bonds. The van der Waals surface area contributed by atoms with E-state index in [2.05, 4.69) is 6.58 Å². The standard InChI is InChI=1S/C26H28O6/c1-18(2)26(29)31-15-7-11-23(28)22(27)10-6-14-30-21-13-12-20-16-24(32-25(20)17-21)19-8-4-3-5-9-19/h3-6,8-10,12-13,16-17,22-23,27-28H,1,7,11,14-15H2,2H3/b10-6+.